The first-order valence-corrected chi connectivity index (χ1v) is 0.565. The fourth-order valence-electron chi connectivity index (χ4n) is 0. The lowest BCUT2D eigenvalue weighted by Crippen LogP contribution is -1.81. The molecular weight excluding hydrogens is 94.1 g/mol. The Kier molecular flexibility index (Phi) is 6.26. The second kappa shape index (κ2) is 3.55. The summed E-state index contributed by atoms with van der Waals surface area (Å²) in [5.41, 5.74) is 0. The smallest absolute Gasteiger partial charge is 0.291 e. The number of hydrogen-bond acceptors (Lipinski definition) is 2. The lowest BCUT2D eigenvalue weighted by atomic mass is 13.1. The molecule has 0 amide bonds. The molecule has 0 aliphatic carbocycles. The summed E-state index contributed by atoms with van der Waals surface area (Å²) in [6.45, 7) is 0. The quantitative estimate of drug-likeness (QED) is 0.347. The summed E-state index contributed by atoms with van der Waals surface area (Å²) < 4.78 is 0. The number of nitrogens with zero attached hydrogens (tertiary/aromatic N) is 1. The van der Waals surface area contributed by atoms with E-state index in [-0.39, 0.29) is 13.5 Å². The van der Waals surface area contributed by atoms with E-state index in [2.05, 4.69) is 0 Å². The van der Waals surface area contributed by atoms with Crippen molar-refractivity contribution in [2.75, 3.05) is 0 Å². The minimum atomic E-state index is -1.50. The van der Waals surface area contributed by atoms with E-state index in [4.69, 9.17) is 15.3 Å². The normalized spacial score (nSPS) is 4.80. The summed E-state index contributed by atoms with van der Waals surface area (Å²) in [6, 6.07) is 0. The van der Waals surface area contributed by atoms with Crippen LogP contribution in [0.2, 0.25) is 0 Å². The van der Waals surface area contributed by atoms with Crippen molar-refractivity contribution in [2.45, 2.75) is 0 Å². The van der Waals surface area contributed by atoms with E-state index in [1.54, 1.807) is 0 Å². The molecule has 5 heavy (non-hydrogen) atoms. The maximum Gasteiger partial charge on any atom is 0.291 e. The first kappa shape index (κ1) is 8.82. The number of hydrogen-bond donors (Lipinski definition) is 1. The van der Waals surface area contributed by atoms with Crippen molar-refractivity contribution in [1.29, 1.82) is 0 Å². The molecule has 0 heterocycles. The van der Waals surface area contributed by atoms with Gasteiger partial charge in [0.05, 0.1) is 0 Å². The van der Waals surface area contributed by atoms with Gasteiger partial charge in [0.25, 0.3) is 5.09 Å². The van der Waals surface area contributed by atoms with Gasteiger partial charge >= 0.3 is 0 Å². The Hall–Kier alpha value is -0.450. The number of rotatable bonds is 0. The molecule has 0 aliphatic rings. The maximum atomic E-state index is 8.36. The van der Waals surface area contributed by atoms with Crippen molar-refractivity contribution in [3.8, 4) is 0 Å². The van der Waals surface area contributed by atoms with Crippen LogP contribution in [0, 0.1) is 10.1 Å². The van der Waals surface area contributed by atoms with E-state index in [1.165, 1.54) is 0 Å². The average Bonchev–Trinajstić information content (AvgIpc) is 0.811. The van der Waals surface area contributed by atoms with Gasteiger partial charge in [0.2, 0.25) is 0 Å². The van der Waals surface area contributed by atoms with Crippen molar-refractivity contribution in [3.05, 3.63) is 10.1 Å². The van der Waals surface area contributed by atoms with E-state index in [0.717, 1.165) is 0 Å². The van der Waals surface area contributed by atoms with Crippen LogP contribution < -0.4 is 0 Å². The first-order chi connectivity index (χ1) is 1.73. The third kappa shape index (κ3) is 42.1. The fourth-order valence-corrected chi connectivity index (χ4v) is 0. The first-order valence-electron chi connectivity index (χ1n) is 0.565. The van der Waals surface area contributed by atoms with Crippen molar-refractivity contribution in [1.82, 2.24) is 0 Å². The van der Waals surface area contributed by atoms with Gasteiger partial charge in [-0.15, -0.1) is 10.1 Å². The predicted molar refractivity (Wildman–Crippen MR) is 16.4 cm³/mol. The highest BCUT2D eigenvalue weighted by Crippen LogP contribution is 1.38. The molecule has 1 N–H and O–H groups in total. The molecule has 0 bridgehead atoms. The van der Waals surface area contributed by atoms with Gasteiger partial charge < -0.3 is 5.21 Å². The molecule has 2 radical (unpaired) electrons. The largest absolute Gasteiger partial charge is 0.328 e. The molecule has 0 aliphatic heterocycles. The van der Waals surface area contributed by atoms with Gasteiger partial charge in [0.1, 0.15) is 0 Å². The predicted octanol–water partition coefficient (Wildman–Crippen LogP) is 0.300. The molecule has 0 rings (SSSR count). The van der Waals surface area contributed by atoms with E-state index in [0.29, 0.717) is 0 Å². The lowest BCUT2D eigenvalue weighted by molar-refractivity contribution is -0.742. The zero-order valence-corrected chi connectivity index (χ0v) is 2.94. The van der Waals surface area contributed by atoms with Crippen molar-refractivity contribution >= 4 is 13.5 Å². The van der Waals surface area contributed by atoms with Crippen LogP contribution in [-0.2, 0) is 0 Å². The van der Waals surface area contributed by atoms with Crippen molar-refractivity contribution in [2.24, 2.45) is 0 Å². The van der Waals surface area contributed by atoms with Gasteiger partial charge in [0, 0.05) is 13.5 Å². The van der Waals surface area contributed by atoms with Crippen molar-refractivity contribution in [3.63, 3.8) is 0 Å². The molecule has 0 saturated carbocycles. The van der Waals surface area contributed by atoms with Gasteiger partial charge in [-0.05, 0) is 0 Å². The van der Waals surface area contributed by atoms with Crippen LogP contribution in [0.3, 0.4) is 0 Å². The van der Waals surface area contributed by atoms with E-state index < -0.39 is 5.09 Å². The molecule has 0 aromatic carbocycles. The Balaban J connectivity index is 0. The molecule has 4 nitrogen and oxygen atoms in total. The third-order valence-electron chi connectivity index (χ3n) is 0. The second-order valence-electron chi connectivity index (χ2n) is 0.238. The molecule has 5 heteroatoms. The lowest BCUT2D eigenvalue weighted by Gasteiger charge is -1.56. The summed E-state index contributed by atoms with van der Waals surface area (Å²) in [6.07, 6.45) is 0. The minimum absolute atomic E-state index is 0. The molecule has 30 valence electrons. The average molecular weight is 95.1 g/mol. The van der Waals surface area contributed by atoms with E-state index in [9.17, 15) is 0 Å². The highest BCUT2D eigenvalue weighted by Gasteiger charge is 1.65. The third-order valence-corrected chi connectivity index (χ3v) is 0. The van der Waals surface area contributed by atoms with Crippen LogP contribution in [0.5, 0.6) is 0 Å². The Morgan fingerprint density at radius 2 is 1.80 bits per heavy atom. The van der Waals surface area contributed by atoms with Crippen LogP contribution in [0.15, 0.2) is 0 Å². The molecule has 0 spiro atoms. The van der Waals surface area contributed by atoms with E-state index >= 15 is 0 Å². The summed E-state index contributed by atoms with van der Waals surface area (Å²) >= 11 is 0. The van der Waals surface area contributed by atoms with Crippen LogP contribution in [0.4, 0.5) is 0 Å². The molecule has 0 aromatic heterocycles. The second-order valence-corrected chi connectivity index (χ2v) is 0.238. The summed E-state index contributed by atoms with van der Waals surface area (Å²) in [4.78, 5) is 8.36. The van der Waals surface area contributed by atoms with Crippen LogP contribution in [-0.4, -0.2) is 10.3 Å². The Bertz CT molecular complexity index is 29.9. The maximum absolute atomic E-state index is 8.36. The zero-order valence-electron chi connectivity index (χ0n) is 2.12. The van der Waals surface area contributed by atoms with E-state index in [1.807, 2.05) is 0 Å². The van der Waals surface area contributed by atoms with Gasteiger partial charge in [-0.1, -0.05) is 0 Å². The van der Waals surface area contributed by atoms with Gasteiger partial charge in [-0.3, -0.25) is 0 Å². The van der Waals surface area contributed by atoms with Crippen molar-refractivity contribution < 1.29 is 10.3 Å². The van der Waals surface area contributed by atoms with Crippen LogP contribution in [0.25, 0.3) is 0 Å². The molecule has 0 aromatic rings. The summed E-state index contributed by atoms with van der Waals surface area (Å²) in [7, 11) is 0. The summed E-state index contributed by atoms with van der Waals surface area (Å²) in [5, 5.41) is 13.6. The molecule has 0 saturated heterocycles. The van der Waals surface area contributed by atoms with Gasteiger partial charge in [0.15, 0.2) is 0 Å². The SMILES string of the molecule is O=[N+]([O-])O.[S]. The van der Waals surface area contributed by atoms with Crippen LogP contribution >= 0.6 is 13.5 Å². The monoisotopic (exact) mass is 95.0 g/mol. The van der Waals surface area contributed by atoms with Crippen LogP contribution in [0.1, 0.15) is 0 Å². The standard InChI is InChI=1S/HNO3.S/c2-1(3)4;/h(H,2,3,4);. The fraction of sp³-hybridized carbons (Fsp3) is 0. The highest BCUT2D eigenvalue weighted by atomic mass is 32.1. The Morgan fingerprint density at radius 3 is 1.80 bits per heavy atom. The Labute approximate surface area is 35.0 Å². The molecule has 0 unspecified atom stereocenters. The molecule has 0 atom stereocenters. The van der Waals surface area contributed by atoms with Gasteiger partial charge in [-0.25, -0.2) is 0 Å². The highest BCUT2D eigenvalue weighted by molar-refractivity contribution is 7.59. The topological polar surface area (TPSA) is 63.4 Å². The summed E-state index contributed by atoms with van der Waals surface area (Å²) in [5.74, 6) is 0. The zero-order chi connectivity index (χ0) is 3.58. The Morgan fingerprint density at radius 1 is 1.80 bits per heavy atom. The molecular formula is HNO3S. The minimum Gasteiger partial charge on any atom is -0.328 e. The van der Waals surface area contributed by atoms with Gasteiger partial charge in [-0.2, -0.15) is 0 Å². The molecule has 0 fully saturated rings.